The van der Waals surface area contributed by atoms with E-state index in [1.54, 1.807) is 0 Å². The molecule has 3 nitrogen and oxygen atoms in total. The summed E-state index contributed by atoms with van der Waals surface area (Å²) in [6.45, 7) is 2.16. The maximum Gasteiger partial charge on any atom is 0.0746 e. The quantitative estimate of drug-likeness (QED) is 0.571. The number of ether oxygens (including phenoxy) is 1. The van der Waals surface area contributed by atoms with Crippen molar-refractivity contribution < 1.29 is 4.74 Å². The van der Waals surface area contributed by atoms with Crippen LogP contribution in [0.4, 0.5) is 0 Å². The predicted octanol–water partition coefficient (Wildman–Crippen LogP) is 2.36. The molecule has 0 aromatic rings. The monoisotopic (exact) mass is 226 g/mol. The van der Waals surface area contributed by atoms with Gasteiger partial charge in [-0.2, -0.15) is 0 Å². The Morgan fingerprint density at radius 3 is 2.50 bits per heavy atom. The van der Waals surface area contributed by atoms with Crippen LogP contribution in [-0.2, 0) is 4.74 Å². The molecule has 0 radical (unpaired) electrons. The van der Waals surface area contributed by atoms with Gasteiger partial charge in [0.25, 0.3) is 0 Å². The van der Waals surface area contributed by atoms with E-state index in [-0.39, 0.29) is 0 Å². The molecule has 2 rings (SSSR count). The van der Waals surface area contributed by atoms with Gasteiger partial charge in [0.2, 0.25) is 0 Å². The number of hydrogen-bond donors (Lipinski definition) is 2. The van der Waals surface area contributed by atoms with Gasteiger partial charge in [0.1, 0.15) is 0 Å². The molecule has 3 N–H and O–H groups in total. The van der Waals surface area contributed by atoms with Crippen LogP contribution < -0.4 is 11.3 Å². The zero-order chi connectivity index (χ0) is 11.4. The summed E-state index contributed by atoms with van der Waals surface area (Å²) in [6, 6.07) is 0.369. The van der Waals surface area contributed by atoms with Gasteiger partial charge in [-0.25, -0.2) is 0 Å². The van der Waals surface area contributed by atoms with E-state index in [1.165, 1.54) is 51.4 Å². The molecule has 1 aliphatic heterocycles. The van der Waals surface area contributed by atoms with E-state index < -0.39 is 0 Å². The second-order valence-electron chi connectivity index (χ2n) is 5.58. The molecule has 3 heteroatoms. The van der Waals surface area contributed by atoms with Crippen LogP contribution in [0.5, 0.6) is 0 Å². The normalized spacial score (nSPS) is 34.1. The SMILES string of the molecule is CC1CCC(C(CC2CCCCC2)NN)O1. The maximum absolute atomic E-state index is 5.91. The van der Waals surface area contributed by atoms with Gasteiger partial charge in [-0.3, -0.25) is 11.3 Å². The van der Waals surface area contributed by atoms with Gasteiger partial charge in [-0.1, -0.05) is 32.1 Å². The number of hydrazine groups is 1. The van der Waals surface area contributed by atoms with Crippen LogP contribution in [0.3, 0.4) is 0 Å². The third-order valence-electron chi connectivity index (χ3n) is 4.24. The molecule has 3 atom stereocenters. The van der Waals surface area contributed by atoms with Gasteiger partial charge < -0.3 is 4.74 Å². The van der Waals surface area contributed by atoms with Crippen LogP contribution in [-0.4, -0.2) is 18.2 Å². The van der Waals surface area contributed by atoms with Gasteiger partial charge in [-0.05, 0) is 32.1 Å². The number of nitrogens with two attached hydrogens (primary N) is 1. The summed E-state index contributed by atoms with van der Waals surface area (Å²) in [5, 5.41) is 0. The first-order valence-electron chi connectivity index (χ1n) is 6.91. The Bertz CT molecular complexity index is 204. The molecule has 1 heterocycles. The van der Waals surface area contributed by atoms with Crippen LogP contribution in [0.25, 0.3) is 0 Å². The lowest BCUT2D eigenvalue weighted by molar-refractivity contribution is 0.0247. The second-order valence-corrected chi connectivity index (χ2v) is 5.58. The van der Waals surface area contributed by atoms with Gasteiger partial charge in [-0.15, -0.1) is 0 Å². The topological polar surface area (TPSA) is 47.3 Å². The third kappa shape index (κ3) is 3.19. The molecule has 1 saturated heterocycles. The Morgan fingerprint density at radius 1 is 1.19 bits per heavy atom. The fourth-order valence-corrected chi connectivity index (χ4v) is 3.24. The molecule has 2 fully saturated rings. The van der Waals surface area contributed by atoms with Crippen molar-refractivity contribution >= 4 is 0 Å². The van der Waals surface area contributed by atoms with Crippen molar-refractivity contribution in [3.8, 4) is 0 Å². The smallest absolute Gasteiger partial charge is 0.0746 e. The molecule has 0 aromatic carbocycles. The lowest BCUT2D eigenvalue weighted by Gasteiger charge is -2.29. The van der Waals surface area contributed by atoms with Crippen molar-refractivity contribution in [2.45, 2.75) is 76.5 Å². The largest absolute Gasteiger partial charge is 0.374 e. The highest BCUT2D eigenvalue weighted by Gasteiger charge is 2.30. The standard InChI is InChI=1S/C13H26N2O/c1-10-7-8-13(16-10)12(15-14)9-11-5-3-2-4-6-11/h10-13,15H,2-9,14H2,1H3. The highest BCUT2D eigenvalue weighted by molar-refractivity contribution is 4.84. The van der Waals surface area contributed by atoms with Crippen LogP contribution in [0.15, 0.2) is 0 Å². The molecule has 1 aliphatic carbocycles. The average molecular weight is 226 g/mol. The van der Waals surface area contributed by atoms with E-state index in [4.69, 9.17) is 10.6 Å². The van der Waals surface area contributed by atoms with Gasteiger partial charge >= 0.3 is 0 Å². The number of hydrogen-bond acceptors (Lipinski definition) is 3. The molecule has 3 unspecified atom stereocenters. The fourth-order valence-electron chi connectivity index (χ4n) is 3.24. The van der Waals surface area contributed by atoms with Gasteiger partial charge in [0, 0.05) is 6.04 Å². The van der Waals surface area contributed by atoms with Crippen molar-refractivity contribution in [1.82, 2.24) is 5.43 Å². The highest BCUT2D eigenvalue weighted by Crippen LogP contribution is 2.30. The Balaban J connectivity index is 1.80. The summed E-state index contributed by atoms with van der Waals surface area (Å²) < 4.78 is 5.91. The van der Waals surface area contributed by atoms with Crippen molar-refractivity contribution in [3.63, 3.8) is 0 Å². The summed E-state index contributed by atoms with van der Waals surface area (Å²) in [7, 11) is 0. The first-order valence-corrected chi connectivity index (χ1v) is 6.91. The van der Waals surface area contributed by atoms with E-state index >= 15 is 0 Å². The Hall–Kier alpha value is -0.120. The molecule has 2 aliphatic rings. The average Bonchev–Trinajstić information content (AvgIpc) is 2.74. The summed E-state index contributed by atoms with van der Waals surface area (Å²) in [5.41, 5.74) is 2.99. The number of nitrogens with one attached hydrogen (secondary N) is 1. The third-order valence-corrected chi connectivity index (χ3v) is 4.24. The summed E-state index contributed by atoms with van der Waals surface area (Å²) in [6.07, 6.45) is 11.3. The molecule has 16 heavy (non-hydrogen) atoms. The maximum atomic E-state index is 5.91. The van der Waals surface area contributed by atoms with E-state index in [1.807, 2.05) is 0 Å². The second kappa shape index (κ2) is 5.99. The minimum atomic E-state index is 0.349. The summed E-state index contributed by atoms with van der Waals surface area (Å²) in [4.78, 5) is 0. The molecule has 0 bridgehead atoms. The van der Waals surface area contributed by atoms with Gasteiger partial charge in [0.05, 0.1) is 12.2 Å². The fraction of sp³-hybridized carbons (Fsp3) is 1.00. The number of rotatable bonds is 4. The van der Waals surface area contributed by atoms with Crippen LogP contribution in [0, 0.1) is 5.92 Å². The molecular formula is C13H26N2O. The summed E-state index contributed by atoms with van der Waals surface area (Å²) in [5.74, 6) is 6.55. The van der Waals surface area contributed by atoms with Crippen molar-refractivity contribution in [2.75, 3.05) is 0 Å². The minimum Gasteiger partial charge on any atom is -0.374 e. The molecule has 0 spiro atoms. The van der Waals surface area contributed by atoms with Crippen LogP contribution in [0.2, 0.25) is 0 Å². The Labute approximate surface area is 99.1 Å². The molecule has 1 saturated carbocycles. The molecule has 0 aromatic heterocycles. The van der Waals surface area contributed by atoms with Crippen molar-refractivity contribution in [3.05, 3.63) is 0 Å². The minimum absolute atomic E-state index is 0.349. The molecular weight excluding hydrogens is 200 g/mol. The zero-order valence-electron chi connectivity index (χ0n) is 10.5. The van der Waals surface area contributed by atoms with Gasteiger partial charge in [0.15, 0.2) is 0 Å². The first kappa shape index (κ1) is 12.3. The Morgan fingerprint density at radius 2 is 1.94 bits per heavy atom. The van der Waals surface area contributed by atoms with E-state index in [0.29, 0.717) is 18.2 Å². The van der Waals surface area contributed by atoms with Crippen molar-refractivity contribution in [1.29, 1.82) is 0 Å². The van der Waals surface area contributed by atoms with E-state index in [9.17, 15) is 0 Å². The lowest BCUT2D eigenvalue weighted by atomic mass is 9.83. The Kier molecular flexibility index (Phi) is 4.62. The highest BCUT2D eigenvalue weighted by atomic mass is 16.5. The van der Waals surface area contributed by atoms with Crippen LogP contribution >= 0.6 is 0 Å². The van der Waals surface area contributed by atoms with E-state index in [0.717, 1.165) is 5.92 Å². The van der Waals surface area contributed by atoms with Crippen LogP contribution in [0.1, 0.15) is 58.3 Å². The first-order chi connectivity index (χ1) is 7.79. The molecule has 0 amide bonds. The zero-order valence-corrected chi connectivity index (χ0v) is 10.5. The predicted molar refractivity (Wildman–Crippen MR) is 65.9 cm³/mol. The summed E-state index contributed by atoms with van der Waals surface area (Å²) >= 11 is 0. The van der Waals surface area contributed by atoms with E-state index in [2.05, 4.69) is 12.3 Å². The van der Waals surface area contributed by atoms with Crippen molar-refractivity contribution in [2.24, 2.45) is 11.8 Å². The lowest BCUT2D eigenvalue weighted by Crippen LogP contribution is -2.45. The molecule has 94 valence electrons.